The molecule has 0 saturated heterocycles. The summed E-state index contributed by atoms with van der Waals surface area (Å²) in [5.41, 5.74) is -0.427. The highest BCUT2D eigenvalue weighted by molar-refractivity contribution is 5.84. The molecule has 1 aromatic rings. The van der Waals surface area contributed by atoms with Crippen molar-refractivity contribution in [3.05, 3.63) is 35.4 Å². The Hall–Kier alpha value is -1.49. The van der Waals surface area contributed by atoms with Crippen LogP contribution in [0, 0.1) is 11.6 Å². The van der Waals surface area contributed by atoms with Crippen molar-refractivity contribution < 1.29 is 18.3 Å². The van der Waals surface area contributed by atoms with Gasteiger partial charge in [0.1, 0.15) is 5.60 Å². The molecule has 0 spiro atoms. The molecule has 3 nitrogen and oxygen atoms in total. The predicted octanol–water partition coefficient (Wildman–Crippen LogP) is 2.91. The van der Waals surface area contributed by atoms with E-state index >= 15 is 0 Å². The van der Waals surface area contributed by atoms with E-state index in [9.17, 15) is 13.6 Å². The van der Waals surface area contributed by atoms with Gasteiger partial charge in [0, 0.05) is 14.2 Å². The normalized spacial score (nSPS) is 13.2. The first-order chi connectivity index (χ1) is 8.70. The largest absolute Gasteiger partial charge is 0.369 e. The number of ether oxygens (including phenoxy) is 1. The van der Waals surface area contributed by atoms with Gasteiger partial charge in [0.25, 0.3) is 5.91 Å². The van der Waals surface area contributed by atoms with E-state index in [1.54, 1.807) is 27.8 Å². The Morgan fingerprint density at radius 3 is 2.37 bits per heavy atom. The van der Waals surface area contributed by atoms with E-state index in [1.807, 2.05) is 0 Å². The topological polar surface area (TPSA) is 29.5 Å². The Morgan fingerprint density at radius 2 is 1.89 bits per heavy atom. The van der Waals surface area contributed by atoms with E-state index in [0.29, 0.717) is 5.56 Å². The van der Waals surface area contributed by atoms with E-state index in [4.69, 9.17) is 4.74 Å². The number of benzene rings is 1. The average molecular weight is 271 g/mol. The summed E-state index contributed by atoms with van der Waals surface area (Å²) >= 11 is 0. The molecule has 0 saturated carbocycles. The van der Waals surface area contributed by atoms with Crippen molar-refractivity contribution >= 4 is 5.91 Å². The maximum atomic E-state index is 13.2. The van der Waals surface area contributed by atoms with E-state index in [0.717, 1.165) is 12.1 Å². The van der Waals surface area contributed by atoms with Crippen LogP contribution in [-0.2, 0) is 9.53 Å². The fourth-order valence-electron chi connectivity index (χ4n) is 1.68. The summed E-state index contributed by atoms with van der Waals surface area (Å²) < 4.78 is 31.2. The smallest absolute Gasteiger partial charge is 0.254 e. The van der Waals surface area contributed by atoms with Gasteiger partial charge in [0.2, 0.25) is 0 Å². The lowest BCUT2D eigenvalue weighted by Crippen LogP contribution is -2.45. The fraction of sp³-hybridized carbons (Fsp3) is 0.500. The molecular weight excluding hydrogens is 252 g/mol. The van der Waals surface area contributed by atoms with E-state index in [1.165, 1.54) is 18.1 Å². The molecule has 0 aliphatic rings. The van der Waals surface area contributed by atoms with Gasteiger partial charge in [-0.1, -0.05) is 6.07 Å². The monoisotopic (exact) mass is 271 g/mol. The van der Waals surface area contributed by atoms with Crippen molar-refractivity contribution in [3.8, 4) is 0 Å². The van der Waals surface area contributed by atoms with Crippen LogP contribution < -0.4 is 0 Å². The van der Waals surface area contributed by atoms with Crippen LogP contribution in [0.2, 0.25) is 0 Å². The molecule has 0 aromatic heterocycles. The van der Waals surface area contributed by atoms with Gasteiger partial charge in [-0.2, -0.15) is 0 Å². The van der Waals surface area contributed by atoms with Crippen molar-refractivity contribution in [1.82, 2.24) is 4.90 Å². The summed E-state index contributed by atoms with van der Waals surface area (Å²) in [6.07, 6.45) is 0. The summed E-state index contributed by atoms with van der Waals surface area (Å²) in [7, 11) is 3.06. The summed E-state index contributed by atoms with van der Waals surface area (Å²) in [6, 6.07) is 3.24. The SMILES string of the molecule is COC(C)(C)C(=O)N(C)C(C)c1ccc(F)c(F)c1. The second-order valence-corrected chi connectivity index (χ2v) is 4.98. The van der Waals surface area contributed by atoms with E-state index in [2.05, 4.69) is 0 Å². The lowest BCUT2D eigenvalue weighted by molar-refractivity contribution is -0.151. The van der Waals surface area contributed by atoms with Gasteiger partial charge in [-0.05, 0) is 38.5 Å². The molecule has 19 heavy (non-hydrogen) atoms. The Bertz CT molecular complexity index is 475. The van der Waals surface area contributed by atoms with Crippen molar-refractivity contribution in [2.24, 2.45) is 0 Å². The van der Waals surface area contributed by atoms with Gasteiger partial charge >= 0.3 is 0 Å². The zero-order valence-electron chi connectivity index (χ0n) is 11.8. The number of hydrogen-bond acceptors (Lipinski definition) is 2. The number of carbonyl (C=O) groups is 1. The lowest BCUT2D eigenvalue weighted by Gasteiger charge is -2.32. The third kappa shape index (κ3) is 3.29. The molecule has 1 atom stereocenters. The number of nitrogens with zero attached hydrogens (tertiary/aromatic N) is 1. The molecule has 1 aromatic carbocycles. The Labute approximate surface area is 112 Å². The van der Waals surface area contributed by atoms with Crippen molar-refractivity contribution in [3.63, 3.8) is 0 Å². The van der Waals surface area contributed by atoms with Gasteiger partial charge in [0.15, 0.2) is 11.6 Å². The second-order valence-electron chi connectivity index (χ2n) is 4.98. The molecule has 0 heterocycles. The van der Waals surface area contributed by atoms with Crippen molar-refractivity contribution in [2.75, 3.05) is 14.2 Å². The minimum absolute atomic E-state index is 0.229. The maximum Gasteiger partial charge on any atom is 0.254 e. The molecule has 1 rings (SSSR count). The summed E-state index contributed by atoms with van der Waals surface area (Å²) in [6.45, 7) is 5.06. The van der Waals surface area contributed by atoms with Crippen LogP contribution in [0.1, 0.15) is 32.4 Å². The van der Waals surface area contributed by atoms with Gasteiger partial charge in [-0.15, -0.1) is 0 Å². The predicted molar refractivity (Wildman–Crippen MR) is 68.6 cm³/mol. The van der Waals surface area contributed by atoms with Crippen LogP contribution in [0.25, 0.3) is 0 Å². The first-order valence-electron chi connectivity index (χ1n) is 5.98. The molecular formula is C14H19F2NO2. The van der Waals surface area contributed by atoms with E-state index in [-0.39, 0.29) is 11.9 Å². The average Bonchev–Trinajstić information content (AvgIpc) is 2.39. The summed E-state index contributed by atoms with van der Waals surface area (Å²) in [4.78, 5) is 13.7. The molecule has 0 aliphatic carbocycles. The highest BCUT2D eigenvalue weighted by Gasteiger charge is 2.32. The Balaban J connectivity index is 2.96. The van der Waals surface area contributed by atoms with Crippen LogP contribution in [0.3, 0.4) is 0 Å². The van der Waals surface area contributed by atoms with Crippen LogP contribution >= 0.6 is 0 Å². The van der Waals surface area contributed by atoms with Crippen LogP contribution in [0.4, 0.5) is 8.78 Å². The molecule has 0 radical (unpaired) electrons. The third-order valence-electron chi connectivity index (χ3n) is 3.35. The van der Waals surface area contributed by atoms with Gasteiger partial charge < -0.3 is 9.64 Å². The molecule has 0 aliphatic heterocycles. The quantitative estimate of drug-likeness (QED) is 0.842. The zero-order chi connectivity index (χ0) is 14.8. The highest BCUT2D eigenvalue weighted by atomic mass is 19.2. The number of hydrogen-bond donors (Lipinski definition) is 0. The zero-order valence-corrected chi connectivity index (χ0v) is 11.8. The second kappa shape index (κ2) is 5.65. The Kier molecular flexibility index (Phi) is 4.63. The summed E-state index contributed by atoms with van der Waals surface area (Å²) in [5, 5.41) is 0. The first-order valence-corrected chi connectivity index (χ1v) is 5.98. The molecule has 0 N–H and O–H groups in total. The minimum Gasteiger partial charge on any atom is -0.369 e. The molecule has 0 fully saturated rings. The number of rotatable bonds is 4. The van der Waals surface area contributed by atoms with E-state index < -0.39 is 17.2 Å². The Morgan fingerprint density at radius 1 is 1.32 bits per heavy atom. The number of amides is 1. The molecule has 0 bridgehead atoms. The van der Waals surface area contributed by atoms with Crippen molar-refractivity contribution in [2.45, 2.75) is 32.4 Å². The molecule has 5 heteroatoms. The maximum absolute atomic E-state index is 13.2. The van der Waals surface area contributed by atoms with Gasteiger partial charge in [-0.25, -0.2) is 8.78 Å². The molecule has 106 valence electrons. The van der Waals surface area contributed by atoms with Crippen LogP contribution in [0.15, 0.2) is 18.2 Å². The van der Waals surface area contributed by atoms with Crippen LogP contribution in [0.5, 0.6) is 0 Å². The summed E-state index contributed by atoms with van der Waals surface area (Å²) in [5.74, 6) is -2.05. The molecule has 1 unspecified atom stereocenters. The van der Waals surface area contributed by atoms with Crippen LogP contribution in [-0.4, -0.2) is 30.6 Å². The minimum atomic E-state index is -0.957. The third-order valence-corrected chi connectivity index (χ3v) is 3.35. The number of methoxy groups -OCH3 is 1. The highest BCUT2D eigenvalue weighted by Crippen LogP contribution is 2.24. The standard InChI is InChI=1S/C14H19F2NO2/c1-9(10-6-7-11(15)12(16)8-10)17(4)13(18)14(2,3)19-5/h6-9H,1-5H3. The lowest BCUT2D eigenvalue weighted by atomic mass is 10.0. The van der Waals surface area contributed by atoms with Gasteiger partial charge in [0.05, 0.1) is 6.04 Å². The van der Waals surface area contributed by atoms with Gasteiger partial charge in [-0.3, -0.25) is 4.79 Å². The number of halogens is 2. The number of likely N-dealkylation sites (N-methyl/N-ethyl adjacent to an activating group) is 1. The fourth-order valence-corrected chi connectivity index (χ4v) is 1.68. The molecule has 1 amide bonds. The number of carbonyl (C=O) groups excluding carboxylic acids is 1. The van der Waals surface area contributed by atoms with Crippen molar-refractivity contribution in [1.29, 1.82) is 0 Å². The first kappa shape index (κ1) is 15.6.